The van der Waals surface area contributed by atoms with Crippen LogP contribution in [0, 0.1) is 6.92 Å². The van der Waals surface area contributed by atoms with Crippen LogP contribution in [0.5, 0.6) is 0 Å². The molecule has 4 heteroatoms. The third-order valence-electron chi connectivity index (χ3n) is 4.10. The van der Waals surface area contributed by atoms with Crippen LogP contribution in [0.2, 0.25) is 0 Å². The van der Waals surface area contributed by atoms with Gasteiger partial charge in [-0.25, -0.2) is 4.98 Å². The number of rotatable bonds is 3. The van der Waals surface area contributed by atoms with Crippen LogP contribution >= 0.6 is 11.3 Å². The number of nitrogens with zero attached hydrogens (tertiary/aromatic N) is 1. The number of fused-ring (bicyclic) bond motifs is 1. The molecular formula is C21H16N2OS. The molecule has 0 saturated heterocycles. The molecule has 3 nitrogen and oxygen atoms in total. The van der Waals surface area contributed by atoms with E-state index >= 15 is 0 Å². The molecule has 0 atom stereocenters. The summed E-state index contributed by atoms with van der Waals surface area (Å²) in [6, 6.07) is 21.5. The highest BCUT2D eigenvalue weighted by atomic mass is 32.1. The molecule has 0 fully saturated rings. The summed E-state index contributed by atoms with van der Waals surface area (Å²) in [6.45, 7) is 1.99. The number of nitrogens with one attached hydrogen (secondary N) is 1. The molecule has 0 aliphatic carbocycles. The van der Waals surface area contributed by atoms with Crippen molar-refractivity contribution in [1.29, 1.82) is 0 Å². The molecule has 0 spiro atoms. The summed E-state index contributed by atoms with van der Waals surface area (Å²) in [4.78, 5) is 17.1. The first-order chi connectivity index (χ1) is 12.2. The number of aryl methyl sites for hydroxylation is 1. The molecule has 122 valence electrons. The summed E-state index contributed by atoms with van der Waals surface area (Å²) in [5.74, 6) is -0.114. The van der Waals surface area contributed by atoms with E-state index in [0.29, 0.717) is 5.56 Å². The zero-order valence-corrected chi connectivity index (χ0v) is 14.5. The fourth-order valence-electron chi connectivity index (χ4n) is 2.82. The molecule has 0 saturated carbocycles. The van der Waals surface area contributed by atoms with Crippen LogP contribution in [0.4, 0.5) is 5.69 Å². The average Bonchev–Trinajstić information content (AvgIpc) is 3.08. The van der Waals surface area contributed by atoms with Gasteiger partial charge in [-0.1, -0.05) is 48.5 Å². The zero-order valence-electron chi connectivity index (χ0n) is 13.7. The van der Waals surface area contributed by atoms with E-state index in [1.54, 1.807) is 11.3 Å². The number of thiazole rings is 1. The van der Waals surface area contributed by atoms with E-state index in [4.69, 9.17) is 0 Å². The number of anilines is 1. The monoisotopic (exact) mass is 344 g/mol. The van der Waals surface area contributed by atoms with E-state index in [1.165, 1.54) is 0 Å². The predicted octanol–water partition coefficient (Wildman–Crippen LogP) is 5.52. The summed E-state index contributed by atoms with van der Waals surface area (Å²) >= 11 is 1.62. The van der Waals surface area contributed by atoms with Crippen molar-refractivity contribution >= 4 is 33.7 Å². The first-order valence-electron chi connectivity index (χ1n) is 8.02. The normalized spacial score (nSPS) is 10.8. The molecule has 0 bridgehead atoms. The number of hydrogen-bond donors (Lipinski definition) is 1. The first-order valence-corrected chi connectivity index (χ1v) is 8.90. The van der Waals surface area contributed by atoms with E-state index in [2.05, 4.69) is 10.3 Å². The summed E-state index contributed by atoms with van der Waals surface area (Å²) in [5.41, 5.74) is 3.42. The Kier molecular flexibility index (Phi) is 4.04. The van der Waals surface area contributed by atoms with Crippen LogP contribution in [-0.2, 0) is 0 Å². The molecule has 0 radical (unpaired) electrons. The Morgan fingerprint density at radius 3 is 2.48 bits per heavy atom. The van der Waals surface area contributed by atoms with Gasteiger partial charge in [-0.2, -0.15) is 0 Å². The second kappa shape index (κ2) is 6.49. The van der Waals surface area contributed by atoms with Crippen LogP contribution in [0.3, 0.4) is 0 Å². The number of aromatic nitrogens is 1. The van der Waals surface area contributed by atoms with Gasteiger partial charge in [0.2, 0.25) is 0 Å². The van der Waals surface area contributed by atoms with Crippen molar-refractivity contribution in [3.05, 3.63) is 82.7 Å². The van der Waals surface area contributed by atoms with Gasteiger partial charge in [0.05, 0.1) is 10.7 Å². The second-order valence-electron chi connectivity index (χ2n) is 5.81. The summed E-state index contributed by atoms with van der Waals surface area (Å²) in [6.07, 6.45) is 0. The number of carbonyl (C=O) groups excluding carboxylic acids is 1. The lowest BCUT2D eigenvalue weighted by Gasteiger charge is -2.09. The Bertz CT molecular complexity index is 1050. The fraction of sp³-hybridized carbons (Fsp3) is 0.0476. The fourth-order valence-corrected chi connectivity index (χ4v) is 3.44. The van der Waals surface area contributed by atoms with E-state index < -0.39 is 0 Å². The molecule has 1 N–H and O–H groups in total. The highest BCUT2D eigenvalue weighted by Gasteiger charge is 2.09. The van der Waals surface area contributed by atoms with Crippen molar-refractivity contribution in [2.75, 3.05) is 5.32 Å². The molecule has 0 unspecified atom stereocenters. The lowest BCUT2D eigenvalue weighted by molar-refractivity contribution is 0.102. The molecule has 1 aromatic heterocycles. The molecule has 3 aromatic carbocycles. The standard InChI is InChI=1S/C21H16N2OS/c1-14-22-20(13-25-14)16-9-11-17(12-10-16)21(24)23-19-8-4-6-15-5-2-3-7-18(15)19/h2-13H,1H3,(H,23,24). The summed E-state index contributed by atoms with van der Waals surface area (Å²) in [5, 5.41) is 8.22. The van der Waals surface area contributed by atoms with Gasteiger partial charge in [-0.05, 0) is 30.5 Å². The topological polar surface area (TPSA) is 42.0 Å². The molecule has 0 aliphatic rings. The number of amides is 1. The molecule has 0 aliphatic heterocycles. The lowest BCUT2D eigenvalue weighted by atomic mass is 10.1. The minimum absolute atomic E-state index is 0.114. The van der Waals surface area contributed by atoms with Gasteiger partial charge in [-0.15, -0.1) is 11.3 Å². The van der Waals surface area contributed by atoms with E-state index in [1.807, 2.05) is 79.0 Å². The quantitative estimate of drug-likeness (QED) is 0.531. The largest absolute Gasteiger partial charge is 0.321 e. The SMILES string of the molecule is Cc1nc(-c2ccc(C(=O)Nc3cccc4ccccc34)cc2)cs1. The maximum atomic E-state index is 12.6. The Hall–Kier alpha value is -2.98. The predicted molar refractivity (Wildman–Crippen MR) is 104 cm³/mol. The van der Waals surface area contributed by atoms with Gasteiger partial charge >= 0.3 is 0 Å². The second-order valence-corrected chi connectivity index (χ2v) is 6.87. The highest BCUT2D eigenvalue weighted by molar-refractivity contribution is 7.09. The molecule has 4 aromatic rings. The van der Waals surface area contributed by atoms with Crippen LogP contribution in [-0.4, -0.2) is 10.9 Å². The maximum Gasteiger partial charge on any atom is 0.255 e. The minimum atomic E-state index is -0.114. The van der Waals surface area contributed by atoms with Crippen molar-refractivity contribution in [2.24, 2.45) is 0 Å². The van der Waals surface area contributed by atoms with Crippen molar-refractivity contribution < 1.29 is 4.79 Å². The van der Waals surface area contributed by atoms with Gasteiger partial charge in [0, 0.05) is 27.6 Å². The van der Waals surface area contributed by atoms with Gasteiger partial charge in [0.15, 0.2) is 0 Å². The van der Waals surface area contributed by atoms with Crippen molar-refractivity contribution in [3.63, 3.8) is 0 Å². The third-order valence-corrected chi connectivity index (χ3v) is 4.87. The summed E-state index contributed by atoms with van der Waals surface area (Å²) < 4.78 is 0. The van der Waals surface area contributed by atoms with E-state index in [9.17, 15) is 4.79 Å². The van der Waals surface area contributed by atoms with E-state index in [-0.39, 0.29) is 5.91 Å². The van der Waals surface area contributed by atoms with Gasteiger partial charge in [-0.3, -0.25) is 4.79 Å². The first kappa shape index (κ1) is 15.5. The molecular weight excluding hydrogens is 328 g/mol. The number of hydrogen-bond acceptors (Lipinski definition) is 3. The molecule has 25 heavy (non-hydrogen) atoms. The zero-order chi connectivity index (χ0) is 17.2. The minimum Gasteiger partial charge on any atom is -0.321 e. The van der Waals surface area contributed by atoms with Crippen molar-refractivity contribution in [2.45, 2.75) is 6.92 Å². The smallest absolute Gasteiger partial charge is 0.255 e. The van der Waals surface area contributed by atoms with Gasteiger partial charge in [0.25, 0.3) is 5.91 Å². The van der Waals surface area contributed by atoms with Crippen molar-refractivity contribution in [1.82, 2.24) is 4.98 Å². The number of carbonyl (C=O) groups is 1. The third kappa shape index (κ3) is 3.16. The van der Waals surface area contributed by atoms with Gasteiger partial charge in [0.1, 0.15) is 0 Å². The van der Waals surface area contributed by atoms with Crippen LogP contribution in [0.1, 0.15) is 15.4 Å². The average molecular weight is 344 g/mol. The van der Waals surface area contributed by atoms with Crippen molar-refractivity contribution in [3.8, 4) is 11.3 Å². The maximum absolute atomic E-state index is 12.6. The van der Waals surface area contributed by atoms with Gasteiger partial charge < -0.3 is 5.32 Å². The van der Waals surface area contributed by atoms with Crippen LogP contribution in [0.25, 0.3) is 22.0 Å². The summed E-state index contributed by atoms with van der Waals surface area (Å²) in [7, 11) is 0. The van der Waals surface area contributed by atoms with Crippen LogP contribution in [0.15, 0.2) is 72.1 Å². The van der Waals surface area contributed by atoms with E-state index in [0.717, 1.165) is 32.7 Å². The molecule has 1 amide bonds. The molecule has 4 rings (SSSR count). The number of benzene rings is 3. The highest BCUT2D eigenvalue weighted by Crippen LogP contribution is 2.25. The Morgan fingerprint density at radius 1 is 0.960 bits per heavy atom. The lowest BCUT2D eigenvalue weighted by Crippen LogP contribution is -2.11. The Labute approximate surface area is 150 Å². The Balaban J connectivity index is 1.58. The Morgan fingerprint density at radius 2 is 1.72 bits per heavy atom. The van der Waals surface area contributed by atoms with Crippen LogP contribution < -0.4 is 5.32 Å². The molecule has 1 heterocycles.